The Balaban J connectivity index is 3.22. The van der Waals surface area contributed by atoms with Crippen LogP contribution in [0.2, 0.25) is 0 Å². The topological polar surface area (TPSA) is 108 Å². The number of aliphatic hydroxyl groups excluding tert-OH is 1. The zero-order chi connectivity index (χ0) is 10.1. The fourth-order valence-electron chi connectivity index (χ4n) is 0.498. The van der Waals surface area contributed by atoms with E-state index in [1.807, 2.05) is 0 Å². The van der Waals surface area contributed by atoms with Crippen molar-refractivity contribution in [2.24, 2.45) is 0 Å². The molecule has 0 heterocycles. The van der Waals surface area contributed by atoms with Crippen LogP contribution in [-0.2, 0) is 14.3 Å². The highest BCUT2D eigenvalue weighted by Gasteiger charge is 2.01. The number of esters is 1. The van der Waals surface area contributed by atoms with E-state index in [-0.39, 0.29) is 26.6 Å². The average Bonchev–Trinajstić information content (AvgIpc) is 2.08. The summed E-state index contributed by atoms with van der Waals surface area (Å²) < 4.78 is 4.51. The summed E-state index contributed by atoms with van der Waals surface area (Å²) in [6, 6.07) is 0. The lowest BCUT2D eigenvalue weighted by Crippen LogP contribution is -2.31. The Bertz CT molecular complexity index is 172. The Labute approximate surface area is 74.7 Å². The molecule has 76 valence electrons. The van der Waals surface area contributed by atoms with E-state index in [1.165, 1.54) is 0 Å². The maximum Gasteiger partial charge on any atom is 0.321 e. The second kappa shape index (κ2) is 7.47. The van der Waals surface area contributed by atoms with Crippen molar-refractivity contribution >= 4 is 11.9 Å². The average molecular weight is 192 g/mol. The summed E-state index contributed by atoms with van der Waals surface area (Å²) in [5, 5.41) is 21.1. The zero-order valence-electron chi connectivity index (χ0n) is 6.95. The molecule has 7 nitrogen and oxygen atoms in total. The number of aliphatic carboxylic acids is 1. The number of carbonyl (C=O) groups excluding carboxylic acids is 1. The first-order chi connectivity index (χ1) is 6.16. The van der Waals surface area contributed by atoms with Gasteiger partial charge in [0.1, 0.15) is 6.73 Å². The summed E-state index contributed by atoms with van der Waals surface area (Å²) in [5.74, 6) is -1.59. The molecule has 0 spiro atoms. The minimum atomic E-state index is -1.02. The summed E-state index contributed by atoms with van der Waals surface area (Å²) in [7, 11) is 0. The molecular weight excluding hydrogens is 180 g/mol. The third-order valence-corrected chi connectivity index (χ3v) is 0.993. The number of aliphatic hydroxyl groups is 1. The molecule has 0 aliphatic carbocycles. The maximum absolute atomic E-state index is 10.7. The SMILES string of the molecule is O=C(O)CNCOC(=O)CNCO. The van der Waals surface area contributed by atoms with Gasteiger partial charge in [0, 0.05) is 0 Å². The van der Waals surface area contributed by atoms with Gasteiger partial charge in [-0.15, -0.1) is 0 Å². The second-order valence-corrected chi connectivity index (χ2v) is 2.07. The number of hydrogen-bond donors (Lipinski definition) is 4. The van der Waals surface area contributed by atoms with Crippen molar-refractivity contribution in [1.29, 1.82) is 0 Å². The summed E-state index contributed by atoms with van der Waals surface area (Å²) in [4.78, 5) is 20.6. The van der Waals surface area contributed by atoms with Gasteiger partial charge in [0.05, 0.1) is 19.8 Å². The summed E-state index contributed by atoms with van der Waals surface area (Å²) in [5.41, 5.74) is 0. The molecule has 0 radical (unpaired) electrons. The standard InChI is InChI=1S/C6H12N2O5/c9-3-7-2-6(12)13-4-8-1-5(10)11/h7-9H,1-4H2,(H,10,11). The molecule has 4 N–H and O–H groups in total. The van der Waals surface area contributed by atoms with Crippen LogP contribution >= 0.6 is 0 Å². The Kier molecular flexibility index (Phi) is 6.79. The number of carboxylic acids is 1. The molecule has 0 fully saturated rings. The third kappa shape index (κ3) is 8.73. The molecule has 7 heteroatoms. The van der Waals surface area contributed by atoms with Gasteiger partial charge in [-0.2, -0.15) is 0 Å². The fourth-order valence-corrected chi connectivity index (χ4v) is 0.498. The van der Waals surface area contributed by atoms with Crippen molar-refractivity contribution in [2.75, 3.05) is 26.6 Å². The second-order valence-electron chi connectivity index (χ2n) is 2.07. The van der Waals surface area contributed by atoms with Crippen molar-refractivity contribution < 1.29 is 24.5 Å². The van der Waals surface area contributed by atoms with Gasteiger partial charge in [-0.25, -0.2) is 0 Å². The van der Waals surface area contributed by atoms with E-state index in [9.17, 15) is 9.59 Å². The largest absolute Gasteiger partial charge is 0.480 e. The van der Waals surface area contributed by atoms with Gasteiger partial charge in [-0.3, -0.25) is 20.2 Å². The molecule has 0 aromatic rings. The predicted octanol–water partition coefficient (Wildman–Crippen LogP) is -2.30. The van der Waals surface area contributed by atoms with Gasteiger partial charge in [0.15, 0.2) is 0 Å². The molecule has 0 aliphatic heterocycles. The molecule has 0 rings (SSSR count). The molecule has 0 saturated heterocycles. The summed E-state index contributed by atoms with van der Waals surface area (Å²) in [6.07, 6.45) is 0. The van der Waals surface area contributed by atoms with E-state index in [4.69, 9.17) is 10.2 Å². The smallest absolute Gasteiger partial charge is 0.321 e. The van der Waals surface area contributed by atoms with Gasteiger partial charge in [0.25, 0.3) is 0 Å². The van der Waals surface area contributed by atoms with Crippen molar-refractivity contribution in [3.05, 3.63) is 0 Å². The normalized spacial score (nSPS) is 9.62. The van der Waals surface area contributed by atoms with Crippen LogP contribution in [0, 0.1) is 0 Å². The Hall–Kier alpha value is -1.18. The highest BCUT2D eigenvalue weighted by Crippen LogP contribution is 1.73. The number of rotatable bonds is 7. The quantitative estimate of drug-likeness (QED) is 0.204. The van der Waals surface area contributed by atoms with Crippen molar-refractivity contribution in [2.45, 2.75) is 0 Å². The van der Waals surface area contributed by atoms with Crippen LogP contribution in [0.5, 0.6) is 0 Å². The number of ether oxygens (including phenoxy) is 1. The lowest BCUT2D eigenvalue weighted by molar-refractivity contribution is -0.145. The van der Waals surface area contributed by atoms with Crippen LogP contribution in [-0.4, -0.2) is 48.7 Å². The van der Waals surface area contributed by atoms with Crippen LogP contribution in [0.15, 0.2) is 0 Å². The van der Waals surface area contributed by atoms with Crippen LogP contribution in [0.3, 0.4) is 0 Å². The van der Waals surface area contributed by atoms with E-state index in [0.717, 1.165) is 0 Å². The van der Waals surface area contributed by atoms with Crippen LogP contribution < -0.4 is 10.6 Å². The fraction of sp³-hybridized carbons (Fsp3) is 0.667. The number of hydrogen-bond acceptors (Lipinski definition) is 6. The Morgan fingerprint density at radius 1 is 1.23 bits per heavy atom. The van der Waals surface area contributed by atoms with E-state index in [2.05, 4.69) is 15.4 Å². The van der Waals surface area contributed by atoms with Crippen molar-refractivity contribution in [3.8, 4) is 0 Å². The maximum atomic E-state index is 10.7. The summed E-state index contributed by atoms with van der Waals surface area (Å²) in [6.45, 7) is -0.831. The van der Waals surface area contributed by atoms with Gasteiger partial charge in [0.2, 0.25) is 0 Å². The van der Waals surface area contributed by atoms with E-state index in [1.54, 1.807) is 0 Å². The highest BCUT2D eigenvalue weighted by molar-refractivity contribution is 5.71. The molecule has 0 aromatic heterocycles. The van der Waals surface area contributed by atoms with E-state index in [0.29, 0.717) is 0 Å². The van der Waals surface area contributed by atoms with E-state index >= 15 is 0 Å². The van der Waals surface area contributed by atoms with Gasteiger partial charge >= 0.3 is 11.9 Å². The third-order valence-electron chi connectivity index (χ3n) is 0.993. The molecule has 0 bridgehead atoms. The zero-order valence-corrected chi connectivity index (χ0v) is 6.95. The molecule has 0 aromatic carbocycles. The Morgan fingerprint density at radius 3 is 2.46 bits per heavy atom. The van der Waals surface area contributed by atoms with Gasteiger partial charge < -0.3 is 14.9 Å². The number of nitrogens with one attached hydrogen (secondary N) is 2. The number of carboxylic acid groups (broad SMARTS) is 1. The molecule has 0 atom stereocenters. The first-order valence-electron chi connectivity index (χ1n) is 3.56. The molecule has 0 amide bonds. The molecular formula is C6H12N2O5. The molecule has 13 heavy (non-hydrogen) atoms. The highest BCUT2D eigenvalue weighted by atomic mass is 16.5. The first kappa shape index (κ1) is 11.8. The molecule has 0 unspecified atom stereocenters. The molecule has 0 aliphatic rings. The molecule has 0 saturated carbocycles. The van der Waals surface area contributed by atoms with Crippen molar-refractivity contribution in [3.63, 3.8) is 0 Å². The lowest BCUT2D eigenvalue weighted by Gasteiger charge is -2.04. The predicted molar refractivity (Wildman–Crippen MR) is 41.7 cm³/mol. The van der Waals surface area contributed by atoms with Crippen molar-refractivity contribution in [1.82, 2.24) is 10.6 Å². The lowest BCUT2D eigenvalue weighted by atomic mass is 10.6. The van der Waals surface area contributed by atoms with Crippen LogP contribution in [0.25, 0.3) is 0 Å². The minimum absolute atomic E-state index is 0.106. The van der Waals surface area contributed by atoms with Crippen LogP contribution in [0.4, 0.5) is 0 Å². The monoisotopic (exact) mass is 192 g/mol. The first-order valence-corrected chi connectivity index (χ1v) is 3.56. The van der Waals surface area contributed by atoms with Gasteiger partial charge in [-0.05, 0) is 0 Å². The Morgan fingerprint density at radius 2 is 1.92 bits per heavy atom. The minimum Gasteiger partial charge on any atom is -0.480 e. The summed E-state index contributed by atoms with van der Waals surface area (Å²) >= 11 is 0. The van der Waals surface area contributed by atoms with Gasteiger partial charge in [-0.1, -0.05) is 0 Å². The van der Waals surface area contributed by atoms with E-state index < -0.39 is 11.9 Å². The number of carbonyl (C=O) groups is 2. The van der Waals surface area contributed by atoms with Crippen LogP contribution in [0.1, 0.15) is 0 Å².